The van der Waals surface area contributed by atoms with Crippen LogP contribution in [0.2, 0.25) is 0 Å². The van der Waals surface area contributed by atoms with E-state index in [-0.39, 0.29) is 5.91 Å². The summed E-state index contributed by atoms with van der Waals surface area (Å²) in [6, 6.07) is 10.3. The van der Waals surface area contributed by atoms with Crippen LogP contribution in [0.25, 0.3) is 27.7 Å². The molecule has 0 aliphatic heterocycles. The van der Waals surface area contributed by atoms with E-state index >= 15 is 0 Å². The van der Waals surface area contributed by atoms with Crippen molar-refractivity contribution < 1.29 is 13.9 Å². The highest BCUT2D eigenvalue weighted by molar-refractivity contribution is 6.00. The lowest BCUT2D eigenvalue weighted by atomic mass is 9.96. The summed E-state index contributed by atoms with van der Waals surface area (Å²) < 4.78 is 11.4. The van der Waals surface area contributed by atoms with Gasteiger partial charge in [-0.15, -0.1) is 0 Å². The van der Waals surface area contributed by atoms with Crippen molar-refractivity contribution in [3.8, 4) is 16.9 Å². The lowest BCUT2D eigenvalue weighted by Gasteiger charge is -2.12. The Kier molecular flexibility index (Phi) is 6.63. The number of furan rings is 1. The molecule has 1 heterocycles. The molecule has 0 bridgehead atoms. The first kappa shape index (κ1) is 21.7. The number of carbonyl (C=O) groups is 1. The number of likely N-dealkylation sites (N-methyl/N-ethyl adjacent to an activating group) is 1. The average molecular weight is 407 g/mol. The maximum Gasteiger partial charge on any atom is 0.244 e. The maximum atomic E-state index is 12.3. The van der Waals surface area contributed by atoms with E-state index < -0.39 is 0 Å². The minimum atomic E-state index is -0.113. The third-order valence-corrected chi connectivity index (χ3v) is 5.20. The number of hydrogen-bond acceptors (Lipinski definition) is 4. The van der Waals surface area contributed by atoms with E-state index in [0.717, 1.165) is 39.8 Å². The second kappa shape index (κ2) is 9.18. The van der Waals surface area contributed by atoms with Crippen LogP contribution < -0.4 is 10.1 Å². The van der Waals surface area contributed by atoms with E-state index in [1.165, 1.54) is 11.1 Å². The second-order valence-electron chi connectivity index (χ2n) is 7.94. The van der Waals surface area contributed by atoms with Gasteiger partial charge in [0.05, 0.1) is 13.4 Å². The van der Waals surface area contributed by atoms with Gasteiger partial charge in [-0.1, -0.05) is 23.8 Å². The minimum absolute atomic E-state index is 0.113. The Bertz CT molecular complexity index is 1090. The highest BCUT2D eigenvalue weighted by Gasteiger charge is 2.16. The van der Waals surface area contributed by atoms with E-state index in [2.05, 4.69) is 37.4 Å². The zero-order chi connectivity index (χ0) is 21.8. The summed E-state index contributed by atoms with van der Waals surface area (Å²) in [6.07, 6.45) is 3.41. The third-order valence-electron chi connectivity index (χ3n) is 5.20. The number of hydrogen-bond donors (Lipinski definition) is 1. The van der Waals surface area contributed by atoms with Crippen LogP contribution in [0.5, 0.6) is 5.75 Å². The molecule has 158 valence electrons. The zero-order valence-electron chi connectivity index (χ0n) is 18.6. The molecule has 3 rings (SSSR count). The van der Waals surface area contributed by atoms with Crippen LogP contribution in [-0.2, 0) is 4.79 Å². The molecule has 0 atom stereocenters. The molecule has 0 unspecified atom stereocenters. The van der Waals surface area contributed by atoms with Crippen LogP contribution in [0.15, 0.2) is 47.1 Å². The first-order chi connectivity index (χ1) is 14.3. The Morgan fingerprint density at radius 2 is 1.93 bits per heavy atom. The van der Waals surface area contributed by atoms with Gasteiger partial charge in [0.2, 0.25) is 5.91 Å². The minimum Gasteiger partial charge on any atom is -0.496 e. The number of allylic oxidation sites excluding steroid dienone is 1. The number of carbonyl (C=O) groups excluding carboxylic acids is 1. The largest absolute Gasteiger partial charge is 0.496 e. The summed E-state index contributed by atoms with van der Waals surface area (Å²) in [5.74, 6) is 0.567. The predicted octanol–water partition coefficient (Wildman–Crippen LogP) is 4.81. The van der Waals surface area contributed by atoms with Crippen molar-refractivity contribution in [3.05, 3.63) is 59.4 Å². The predicted molar refractivity (Wildman–Crippen MR) is 123 cm³/mol. The number of methoxy groups -OCH3 is 1. The van der Waals surface area contributed by atoms with Crippen molar-refractivity contribution in [2.24, 2.45) is 0 Å². The van der Waals surface area contributed by atoms with E-state index in [9.17, 15) is 4.79 Å². The summed E-state index contributed by atoms with van der Waals surface area (Å²) in [5, 5.41) is 3.92. The molecule has 5 nitrogen and oxygen atoms in total. The Morgan fingerprint density at radius 3 is 2.60 bits per heavy atom. The number of aryl methyl sites for hydroxylation is 2. The van der Waals surface area contributed by atoms with Crippen molar-refractivity contribution in [1.82, 2.24) is 10.2 Å². The van der Waals surface area contributed by atoms with Gasteiger partial charge in [-0.05, 0) is 57.6 Å². The maximum absolute atomic E-state index is 12.3. The standard InChI is InChI=1S/C25H30N2O3/c1-16-7-8-19(17(2)11-16)22-15-30-24-14-23(29-6)20(13-21(22)24)18(3)12-25(28)26-9-10-27(4)5/h7-8,11-15H,9-10H2,1-6H3,(H,26,28)/b18-12+. The number of benzene rings is 2. The Balaban J connectivity index is 2.00. The quantitative estimate of drug-likeness (QED) is 0.572. The fraction of sp³-hybridized carbons (Fsp3) is 0.320. The van der Waals surface area contributed by atoms with Gasteiger partial charge in [0.15, 0.2) is 0 Å². The van der Waals surface area contributed by atoms with Crippen molar-refractivity contribution in [3.63, 3.8) is 0 Å². The molecule has 0 fully saturated rings. The third kappa shape index (κ3) is 4.74. The molecule has 0 spiro atoms. The van der Waals surface area contributed by atoms with Crippen molar-refractivity contribution in [2.75, 3.05) is 34.3 Å². The Hall–Kier alpha value is -3.05. The summed E-state index contributed by atoms with van der Waals surface area (Å²) in [7, 11) is 5.58. The van der Waals surface area contributed by atoms with Gasteiger partial charge in [-0.3, -0.25) is 4.79 Å². The number of nitrogens with zero attached hydrogens (tertiary/aromatic N) is 1. The van der Waals surface area contributed by atoms with Crippen molar-refractivity contribution in [1.29, 1.82) is 0 Å². The van der Waals surface area contributed by atoms with Crippen molar-refractivity contribution in [2.45, 2.75) is 20.8 Å². The summed E-state index contributed by atoms with van der Waals surface area (Å²) in [4.78, 5) is 14.4. The van der Waals surface area contributed by atoms with E-state index in [1.807, 2.05) is 38.1 Å². The summed E-state index contributed by atoms with van der Waals surface area (Å²) in [6.45, 7) is 7.51. The molecule has 0 aliphatic rings. The number of rotatable bonds is 7. The Labute approximate surface area is 178 Å². The van der Waals surface area contributed by atoms with E-state index in [0.29, 0.717) is 12.3 Å². The van der Waals surface area contributed by atoms with E-state index in [4.69, 9.17) is 9.15 Å². The first-order valence-electron chi connectivity index (χ1n) is 10.1. The molecular formula is C25H30N2O3. The van der Waals surface area contributed by atoms with Crippen LogP contribution in [-0.4, -0.2) is 45.1 Å². The Morgan fingerprint density at radius 1 is 1.17 bits per heavy atom. The monoisotopic (exact) mass is 406 g/mol. The normalized spacial score (nSPS) is 11.9. The summed E-state index contributed by atoms with van der Waals surface area (Å²) >= 11 is 0. The van der Waals surface area contributed by atoms with Crippen molar-refractivity contribution >= 4 is 22.4 Å². The fourth-order valence-electron chi connectivity index (χ4n) is 3.58. The molecule has 1 N–H and O–H groups in total. The lowest BCUT2D eigenvalue weighted by Crippen LogP contribution is -2.30. The van der Waals surface area contributed by atoms with Crippen LogP contribution >= 0.6 is 0 Å². The molecule has 0 aliphatic carbocycles. The van der Waals surface area contributed by atoms with Crippen LogP contribution in [0.4, 0.5) is 0 Å². The van der Waals surface area contributed by atoms with Gasteiger partial charge < -0.3 is 19.4 Å². The van der Waals surface area contributed by atoms with Crippen LogP contribution in [0.1, 0.15) is 23.6 Å². The zero-order valence-corrected chi connectivity index (χ0v) is 18.6. The molecular weight excluding hydrogens is 376 g/mol. The molecule has 0 saturated carbocycles. The summed E-state index contributed by atoms with van der Waals surface area (Å²) in [5.41, 5.74) is 7.07. The molecule has 1 amide bonds. The molecule has 1 aromatic heterocycles. The molecule has 2 aromatic carbocycles. The SMILES string of the molecule is COc1cc2occ(-c3ccc(C)cc3C)c2cc1/C(C)=C/C(=O)NCCN(C)C. The molecule has 5 heteroatoms. The van der Waals surface area contributed by atoms with Gasteiger partial charge >= 0.3 is 0 Å². The van der Waals surface area contributed by atoms with E-state index in [1.54, 1.807) is 19.4 Å². The van der Waals surface area contributed by atoms with Crippen LogP contribution in [0, 0.1) is 13.8 Å². The average Bonchev–Trinajstić information content (AvgIpc) is 3.09. The number of ether oxygens (including phenoxy) is 1. The number of nitrogens with one attached hydrogen (secondary N) is 1. The molecule has 0 saturated heterocycles. The van der Waals surface area contributed by atoms with Gasteiger partial charge in [0.1, 0.15) is 11.3 Å². The molecule has 30 heavy (non-hydrogen) atoms. The smallest absolute Gasteiger partial charge is 0.244 e. The van der Waals surface area contributed by atoms with Crippen LogP contribution in [0.3, 0.4) is 0 Å². The number of amides is 1. The van der Waals surface area contributed by atoms with Gasteiger partial charge in [-0.2, -0.15) is 0 Å². The lowest BCUT2D eigenvalue weighted by molar-refractivity contribution is -0.116. The first-order valence-corrected chi connectivity index (χ1v) is 10.1. The number of fused-ring (bicyclic) bond motifs is 1. The van der Waals surface area contributed by atoms with Gasteiger partial charge in [0, 0.05) is 41.7 Å². The topological polar surface area (TPSA) is 54.7 Å². The molecule has 0 radical (unpaired) electrons. The van der Waals surface area contributed by atoms with Gasteiger partial charge in [0.25, 0.3) is 0 Å². The highest BCUT2D eigenvalue weighted by Crippen LogP contribution is 2.38. The van der Waals surface area contributed by atoms with Gasteiger partial charge in [-0.25, -0.2) is 0 Å². The fourth-order valence-corrected chi connectivity index (χ4v) is 3.58. The molecule has 3 aromatic rings. The highest BCUT2D eigenvalue weighted by atomic mass is 16.5. The second-order valence-corrected chi connectivity index (χ2v) is 7.94.